The lowest BCUT2D eigenvalue weighted by Gasteiger charge is -2.07. The molecule has 98 valence electrons. The molecule has 18 heavy (non-hydrogen) atoms. The molecule has 0 spiro atoms. The van der Waals surface area contributed by atoms with Crippen LogP contribution in [0, 0.1) is 6.92 Å². The minimum Gasteiger partial charge on any atom is -0.296 e. The summed E-state index contributed by atoms with van der Waals surface area (Å²) in [7, 11) is -3.84. The van der Waals surface area contributed by atoms with Gasteiger partial charge in [-0.05, 0) is 30.4 Å². The Morgan fingerprint density at radius 3 is 2.67 bits per heavy atom. The van der Waals surface area contributed by atoms with Crippen LogP contribution < -0.4 is 5.14 Å². The van der Waals surface area contributed by atoms with Gasteiger partial charge >= 0.3 is 0 Å². The summed E-state index contributed by atoms with van der Waals surface area (Å²) in [4.78, 5) is 0.922. The second kappa shape index (κ2) is 4.79. The summed E-state index contributed by atoms with van der Waals surface area (Å²) in [6, 6.07) is 1.96. The number of aryl methyl sites for hydroxylation is 1. The smallest absolute Gasteiger partial charge is 0.273 e. The van der Waals surface area contributed by atoms with Gasteiger partial charge in [-0.15, -0.1) is 21.5 Å². The molecule has 0 unspecified atom stereocenters. The summed E-state index contributed by atoms with van der Waals surface area (Å²) in [6.07, 6.45) is 0.776. The average Bonchev–Trinajstić information content (AvgIpc) is 2.84. The highest BCUT2D eigenvalue weighted by Gasteiger charge is 2.22. The van der Waals surface area contributed by atoms with Gasteiger partial charge in [-0.1, -0.05) is 6.92 Å². The van der Waals surface area contributed by atoms with Crippen LogP contribution in [0.5, 0.6) is 0 Å². The third kappa shape index (κ3) is 2.31. The molecule has 2 heterocycles. The second-order valence-electron chi connectivity index (χ2n) is 3.94. The average molecular weight is 286 g/mol. The zero-order chi connectivity index (χ0) is 13.3. The van der Waals surface area contributed by atoms with Crippen LogP contribution in [-0.2, 0) is 16.6 Å². The van der Waals surface area contributed by atoms with Crippen LogP contribution >= 0.6 is 11.3 Å². The number of nitrogens with zero attached hydrogens (tertiary/aromatic N) is 3. The maximum atomic E-state index is 11.5. The molecule has 2 rings (SSSR count). The van der Waals surface area contributed by atoms with Crippen LogP contribution in [0.2, 0.25) is 0 Å². The van der Waals surface area contributed by atoms with E-state index in [9.17, 15) is 8.42 Å². The Hall–Kier alpha value is -1.25. The van der Waals surface area contributed by atoms with E-state index in [4.69, 9.17) is 5.14 Å². The van der Waals surface area contributed by atoms with Gasteiger partial charge in [0.1, 0.15) is 0 Å². The zero-order valence-electron chi connectivity index (χ0n) is 10.1. The van der Waals surface area contributed by atoms with Crippen molar-refractivity contribution in [1.82, 2.24) is 14.8 Å². The quantitative estimate of drug-likeness (QED) is 0.919. The van der Waals surface area contributed by atoms with Gasteiger partial charge in [0, 0.05) is 6.54 Å². The van der Waals surface area contributed by atoms with Crippen molar-refractivity contribution in [3.8, 4) is 10.7 Å². The highest BCUT2D eigenvalue weighted by molar-refractivity contribution is 7.89. The molecular formula is C10H14N4O2S2. The summed E-state index contributed by atoms with van der Waals surface area (Å²) >= 11 is 1.51. The van der Waals surface area contributed by atoms with E-state index in [-0.39, 0.29) is 5.16 Å². The first-order valence-electron chi connectivity index (χ1n) is 5.45. The molecule has 0 bridgehead atoms. The zero-order valence-corrected chi connectivity index (χ0v) is 11.8. The van der Waals surface area contributed by atoms with Crippen molar-refractivity contribution >= 4 is 21.4 Å². The van der Waals surface area contributed by atoms with Crippen molar-refractivity contribution in [3.05, 3.63) is 17.0 Å². The molecule has 6 nitrogen and oxygen atoms in total. The van der Waals surface area contributed by atoms with Crippen LogP contribution in [-0.4, -0.2) is 23.2 Å². The Kier molecular flexibility index (Phi) is 3.51. The van der Waals surface area contributed by atoms with E-state index in [2.05, 4.69) is 10.2 Å². The number of hydrogen-bond donors (Lipinski definition) is 1. The molecule has 0 atom stereocenters. The fourth-order valence-electron chi connectivity index (χ4n) is 1.69. The Balaban J connectivity index is 2.63. The van der Waals surface area contributed by atoms with Crippen LogP contribution in [0.3, 0.4) is 0 Å². The van der Waals surface area contributed by atoms with Crippen LogP contribution in [0.4, 0.5) is 0 Å². The second-order valence-corrected chi connectivity index (χ2v) is 6.31. The van der Waals surface area contributed by atoms with Crippen LogP contribution in [0.25, 0.3) is 10.7 Å². The van der Waals surface area contributed by atoms with Crippen LogP contribution in [0.15, 0.2) is 16.6 Å². The predicted molar refractivity (Wildman–Crippen MR) is 69.7 cm³/mol. The summed E-state index contributed by atoms with van der Waals surface area (Å²) < 4.78 is 24.5. The lowest BCUT2D eigenvalue weighted by atomic mass is 10.3. The number of nitrogens with two attached hydrogens (primary N) is 1. The van der Waals surface area contributed by atoms with Crippen LogP contribution in [0.1, 0.15) is 18.9 Å². The lowest BCUT2D eigenvalue weighted by Crippen LogP contribution is -2.19. The molecule has 0 aliphatic rings. The van der Waals surface area contributed by atoms with Gasteiger partial charge in [0.25, 0.3) is 15.2 Å². The fourth-order valence-corrected chi connectivity index (χ4v) is 3.25. The maximum absolute atomic E-state index is 11.5. The molecule has 0 aromatic carbocycles. The van der Waals surface area contributed by atoms with Gasteiger partial charge in [0.05, 0.1) is 4.88 Å². The topological polar surface area (TPSA) is 90.9 Å². The van der Waals surface area contributed by atoms with E-state index in [1.54, 1.807) is 4.57 Å². The van der Waals surface area contributed by atoms with Gasteiger partial charge in [0.2, 0.25) is 0 Å². The van der Waals surface area contributed by atoms with Gasteiger partial charge in [0.15, 0.2) is 5.82 Å². The molecule has 2 aromatic rings. The van der Waals surface area contributed by atoms with Crippen molar-refractivity contribution in [3.63, 3.8) is 0 Å². The predicted octanol–water partition coefficient (Wildman–Crippen LogP) is 1.37. The first-order valence-corrected chi connectivity index (χ1v) is 7.88. The minimum absolute atomic E-state index is 0.174. The largest absolute Gasteiger partial charge is 0.296 e. The first kappa shape index (κ1) is 13.2. The molecule has 0 amide bonds. The SMILES string of the molecule is CCCn1c(-c2sccc2C)nnc1S(N)(=O)=O. The van der Waals surface area contributed by atoms with E-state index in [0.29, 0.717) is 12.4 Å². The standard InChI is InChI=1S/C10H14N4O2S2/c1-3-5-14-9(8-7(2)4-6-17-8)12-13-10(14)18(11,15)16/h4,6H,3,5H2,1-2H3,(H2,11,15,16). The number of hydrogen-bond acceptors (Lipinski definition) is 5. The summed E-state index contributed by atoms with van der Waals surface area (Å²) in [5.74, 6) is 0.563. The third-order valence-corrected chi connectivity index (χ3v) is 4.31. The molecule has 0 saturated carbocycles. The van der Waals surface area contributed by atoms with E-state index in [0.717, 1.165) is 16.9 Å². The molecule has 2 aromatic heterocycles. The Morgan fingerprint density at radius 1 is 1.44 bits per heavy atom. The fraction of sp³-hybridized carbons (Fsp3) is 0.400. The highest BCUT2D eigenvalue weighted by Crippen LogP contribution is 2.28. The number of rotatable bonds is 4. The number of aromatic nitrogens is 3. The van der Waals surface area contributed by atoms with E-state index >= 15 is 0 Å². The van der Waals surface area contributed by atoms with Crippen molar-refractivity contribution in [2.75, 3.05) is 0 Å². The number of thiophene rings is 1. The summed E-state index contributed by atoms with van der Waals surface area (Å²) in [6.45, 7) is 4.43. The number of sulfonamides is 1. The first-order chi connectivity index (χ1) is 8.45. The molecule has 0 saturated heterocycles. The van der Waals surface area contributed by atoms with E-state index in [1.807, 2.05) is 25.3 Å². The van der Waals surface area contributed by atoms with Crippen molar-refractivity contribution < 1.29 is 8.42 Å². The lowest BCUT2D eigenvalue weighted by molar-refractivity contribution is 0.560. The molecule has 0 fully saturated rings. The molecular weight excluding hydrogens is 272 g/mol. The molecule has 0 aliphatic heterocycles. The van der Waals surface area contributed by atoms with Gasteiger partial charge < -0.3 is 0 Å². The van der Waals surface area contributed by atoms with Gasteiger partial charge in [-0.25, -0.2) is 13.6 Å². The van der Waals surface area contributed by atoms with Gasteiger partial charge in [-0.2, -0.15) is 0 Å². The van der Waals surface area contributed by atoms with Crippen molar-refractivity contribution in [2.24, 2.45) is 5.14 Å². The van der Waals surface area contributed by atoms with Crippen molar-refractivity contribution in [2.45, 2.75) is 32.0 Å². The Labute approximate surface area is 110 Å². The molecule has 0 aliphatic carbocycles. The van der Waals surface area contributed by atoms with Crippen molar-refractivity contribution in [1.29, 1.82) is 0 Å². The Morgan fingerprint density at radius 2 is 2.17 bits per heavy atom. The number of primary sulfonamides is 1. The molecule has 0 radical (unpaired) electrons. The van der Waals surface area contributed by atoms with Gasteiger partial charge in [-0.3, -0.25) is 4.57 Å². The summed E-state index contributed by atoms with van der Waals surface area (Å²) in [5.41, 5.74) is 1.05. The highest BCUT2D eigenvalue weighted by atomic mass is 32.2. The monoisotopic (exact) mass is 286 g/mol. The third-order valence-electron chi connectivity index (χ3n) is 2.48. The minimum atomic E-state index is -3.84. The maximum Gasteiger partial charge on any atom is 0.273 e. The van der Waals surface area contributed by atoms with E-state index in [1.165, 1.54) is 11.3 Å². The molecule has 8 heteroatoms. The normalized spacial score (nSPS) is 11.9. The molecule has 2 N–H and O–H groups in total. The summed E-state index contributed by atoms with van der Waals surface area (Å²) in [5, 5.41) is 14.6. The van der Waals surface area contributed by atoms with E-state index < -0.39 is 10.0 Å². The Bertz CT molecular complexity index is 657.